The maximum Gasteiger partial charge on any atom is 0.303 e. The van der Waals surface area contributed by atoms with E-state index < -0.39 is 46.9 Å². The summed E-state index contributed by atoms with van der Waals surface area (Å²) in [6.07, 6.45) is 5.14. The third kappa shape index (κ3) is 3.39. The van der Waals surface area contributed by atoms with Crippen molar-refractivity contribution in [2.24, 2.45) is 28.6 Å². The summed E-state index contributed by atoms with van der Waals surface area (Å²) in [6.45, 7) is 7.75. The largest absolute Gasteiger partial charge is 0.458 e. The van der Waals surface area contributed by atoms with Gasteiger partial charge in [0.1, 0.15) is 6.17 Å². The third-order valence-corrected chi connectivity index (χ3v) is 9.28. The second-order valence-corrected chi connectivity index (χ2v) is 11.4. The molecule has 4 rings (SSSR count). The van der Waals surface area contributed by atoms with Crippen LogP contribution in [0.1, 0.15) is 53.9 Å². The lowest BCUT2D eigenvalue weighted by atomic mass is 9.51. The number of rotatable bonds is 4. The molecule has 2 fully saturated rings. The third-order valence-electron chi connectivity index (χ3n) is 8.66. The smallest absolute Gasteiger partial charge is 0.303 e. The number of hydrogen-bond acceptors (Lipinski definition) is 6. The van der Waals surface area contributed by atoms with Crippen molar-refractivity contribution in [2.45, 2.75) is 65.7 Å². The fourth-order valence-corrected chi connectivity index (χ4v) is 7.86. The molecule has 0 amide bonds. The maximum atomic E-state index is 15.6. The van der Waals surface area contributed by atoms with E-state index in [0.29, 0.717) is 22.9 Å². The van der Waals surface area contributed by atoms with Gasteiger partial charge in [-0.15, -0.1) is 0 Å². The molecule has 0 aromatic carbocycles. The number of carbonyl (C=O) groups excluding carboxylic acids is 4. The van der Waals surface area contributed by atoms with Gasteiger partial charge in [-0.25, -0.2) is 4.39 Å². The van der Waals surface area contributed by atoms with Gasteiger partial charge in [0, 0.05) is 30.6 Å². The molecule has 0 saturated heterocycles. The molecule has 0 aliphatic heterocycles. The van der Waals surface area contributed by atoms with E-state index in [0.717, 1.165) is 5.57 Å². The van der Waals surface area contributed by atoms with Gasteiger partial charge in [0.05, 0.1) is 4.48 Å². The molecular formula is C26H30BrFO6. The normalized spacial score (nSPS) is 40.7. The number of ketones is 2. The quantitative estimate of drug-likeness (QED) is 0.386. The lowest BCUT2D eigenvalue weighted by Gasteiger charge is -2.54. The number of fused-ring (bicyclic) bond motifs is 5. The molecule has 8 heteroatoms. The zero-order valence-electron chi connectivity index (χ0n) is 20.1. The molecule has 0 aromatic rings. The average molecular weight is 537 g/mol. The summed E-state index contributed by atoms with van der Waals surface area (Å²) in [5.74, 6) is -2.53. The number of ether oxygens (including phenoxy) is 2. The molecule has 0 N–H and O–H groups in total. The molecule has 7 atom stereocenters. The van der Waals surface area contributed by atoms with Crippen LogP contribution in [0, 0.1) is 28.6 Å². The summed E-state index contributed by atoms with van der Waals surface area (Å²) in [5, 5.41) is 0. The Morgan fingerprint density at radius 3 is 2.44 bits per heavy atom. The second-order valence-electron chi connectivity index (χ2n) is 10.5. The van der Waals surface area contributed by atoms with E-state index in [-0.39, 0.29) is 30.0 Å². The fraction of sp³-hybridized carbons (Fsp3) is 0.615. The number of alkyl halides is 1. The van der Waals surface area contributed by atoms with Crippen molar-refractivity contribution in [1.29, 1.82) is 0 Å². The minimum absolute atomic E-state index is 0.135. The van der Waals surface area contributed by atoms with Crippen LogP contribution in [0.3, 0.4) is 0 Å². The molecular weight excluding hydrogens is 507 g/mol. The van der Waals surface area contributed by atoms with Crippen molar-refractivity contribution >= 4 is 39.4 Å². The van der Waals surface area contributed by atoms with Crippen molar-refractivity contribution in [3.8, 4) is 0 Å². The van der Waals surface area contributed by atoms with E-state index in [9.17, 15) is 19.2 Å². The molecule has 0 heterocycles. The molecule has 4 aliphatic carbocycles. The van der Waals surface area contributed by atoms with Crippen LogP contribution in [0.15, 0.2) is 33.9 Å². The van der Waals surface area contributed by atoms with Crippen LogP contribution in [-0.4, -0.2) is 41.9 Å². The maximum absolute atomic E-state index is 15.6. The Balaban J connectivity index is 1.82. The summed E-state index contributed by atoms with van der Waals surface area (Å²) in [4.78, 5) is 49.5. The van der Waals surface area contributed by atoms with Gasteiger partial charge in [-0.1, -0.05) is 31.6 Å². The standard InChI is InChI=1S/C26H30BrFO6/c1-13-8-18-16-9-21(28)19-10-22(31)20(27)11-24(19,4)17(16)6-7-25(18,5)26(13,34-15(3)30)23(32)12-33-14(2)29/h6,10-11,13,16,18,21H,7-9,12H2,1-5H3/t13-,16+,18-,21+,24+,25-,26-/m0/s1. The highest BCUT2D eigenvalue weighted by Gasteiger charge is 2.70. The Bertz CT molecular complexity index is 1080. The van der Waals surface area contributed by atoms with Crippen LogP contribution in [0.25, 0.3) is 0 Å². The Labute approximate surface area is 207 Å². The predicted octanol–water partition coefficient (Wildman–Crippen LogP) is 4.57. The van der Waals surface area contributed by atoms with Crippen molar-refractivity contribution < 1.29 is 33.0 Å². The first-order valence-corrected chi connectivity index (χ1v) is 12.4. The van der Waals surface area contributed by atoms with Crippen molar-refractivity contribution in [3.63, 3.8) is 0 Å². The van der Waals surface area contributed by atoms with Gasteiger partial charge in [0.25, 0.3) is 0 Å². The molecule has 0 spiro atoms. The minimum atomic E-state index is -1.48. The number of allylic oxidation sites excluding steroid dienone is 6. The van der Waals surface area contributed by atoms with E-state index in [2.05, 4.69) is 15.9 Å². The molecule has 34 heavy (non-hydrogen) atoms. The van der Waals surface area contributed by atoms with Crippen molar-refractivity contribution in [3.05, 3.63) is 33.9 Å². The summed E-state index contributed by atoms with van der Waals surface area (Å²) in [6, 6.07) is 0. The molecule has 4 aliphatic rings. The summed E-state index contributed by atoms with van der Waals surface area (Å²) < 4.78 is 26.9. The van der Waals surface area contributed by atoms with Crippen LogP contribution >= 0.6 is 15.9 Å². The topological polar surface area (TPSA) is 86.7 Å². The number of carbonyl (C=O) groups is 4. The van der Waals surface area contributed by atoms with Crippen LogP contribution < -0.4 is 0 Å². The molecule has 0 bridgehead atoms. The van der Waals surface area contributed by atoms with Crippen molar-refractivity contribution in [2.75, 3.05) is 6.61 Å². The van der Waals surface area contributed by atoms with Gasteiger partial charge in [0.2, 0.25) is 5.78 Å². The van der Waals surface area contributed by atoms with Gasteiger partial charge in [-0.3, -0.25) is 19.2 Å². The van der Waals surface area contributed by atoms with E-state index in [1.807, 2.05) is 26.8 Å². The first-order chi connectivity index (χ1) is 15.8. The lowest BCUT2D eigenvalue weighted by molar-refractivity contribution is -0.190. The summed E-state index contributed by atoms with van der Waals surface area (Å²) in [5.41, 5.74) is -1.52. The minimum Gasteiger partial charge on any atom is -0.458 e. The van der Waals surface area contributed by atoms with Crippen molar-refractivity contribution in [1.82, 2.24) is 0 Å². The SMILES string of the molecule is CC(=O)OCC(=O)[C@@]1(OC(C)=O)[C@@H](C)C[C@H]2[C@@H]3C[C@@H](F)C4=CC(=O)C(Br)=C[C@]4(C)C3=CC[C@@]21C. The molecule has 6 nitrogen and oxygen atoms in total. The number of halogens is 2. The van der Waals surface area contributed by atoms with E-state index in [1.165, 1.54) is 19.9 Å². The summed E-state index contributed by atoms with van der Waals surface area (Å²) >= 11 is 3.33. The second kappa shape index (κ2) is 8.25. The molecule has 184 valence electrons. The highest BCUT2D eigenvalue weighted by atomic mass is 79.9. The van der Waals surface area contributed by atoms with Crippen LogP contribution in [-0.2, 0) is 28.7 Å². The lowest BCUT2D eigenvalue weighted by Crippen LogP contribution is -2.60. The van der Waals surface area contributed by atoms with Crippen LogP contribution in [0.2, 0.25) is 0 Å². The average Bonchev–Trinajstić information content (AvgIpc) is 2.96. The summed E-state index contributed by atoms with van der Waals surface area (Å²) in [7, 11) is 0. The Morgan fingerprint density at radius 2 is 1.82 bits per heavy atom. The van der Waals surface area contributed by atoms with Gasteiger partial charge >= 0.3 is 11.9 Å². The number of hydrogen-bond donors (Lipinski definition) is 0. The first-order valence-electron chi connectivity index (χ1n) is 11.6. The highest BCUT2D eigenvalue weighted by molar-refractivity contribution is 9.12. The zero-order chi connectivity index (χ0) is 25.2. The molecule has 0 radical (unpaired) electrons. The monoisotopic (exact) mass is 536 g/mol. The van der Waals surface area contributed by atoms with Crippen LogP contribution in [0.4, 0.5) is 4.39 Å². The van der Waals surface area contributed by atoms with Gasteiger partial charge in [-0.05, 0) is 65.6 Å². The molecule has 0 aromatic heterocycles. The Hall–Kier alpha value is -2.09. The van der Waals surface area contributed by atoms with Gasteiger partial charge in [0.15, 0.2) is 18.0 Å². The highest BCUT2D eigenvalue weighted by Crippen LogP contribution is 2.67. The number of Topliss-reactive ketones (excluding diaryl/α,β-unsaturated/α-hetero) is 1. The number of esters is 2. The molecule has 0 unspecified atom stereocenters. The fourth-order valence-electron chi connectivity index (χ4n) is 7.29. The van der Waals surface area contributed by atoms with E-state index >= 15 is 4.39 Å². The Morgan fingerprint density at radius 1 is 1.15 bits per heavy atom. The van der Waals surface area contributed by atoms with E-state index in [1.54, 1.807) is 6.08 Å². The predicted molar refractivity (Wildman–Crippen MR) is 125 cm³/mol. The Kier molecular flexibility index (Phi) is 6.07. The van der Waals surface area contributed by atoms with Gasteiger partial charge in [-0.2, -0.15) is 0 Å². The first kappa shape index (κ1) is 25.0. The van der Waals surface area contributed by atoms with Gasteiger partial charge < -0.3 is 9.47 Å². The van der Waals surface area contributed by atoms with E-state index in [4.69, 9.17) is 9.47 Å². The zero-order valence-corrected chi connectivity index (χ0v) is 21.7. The van der Waals surface area contributed by atoms with Crippen LogP contribution in [0.5, 0.6) is 0 Å². The molecule has 2 saturated carbocycles.